The van der Waals surface area contributed by atoms with Crippen molar-refractivity contribution in [1.29, 1.82) is 0 Å². The number of halogens is 1. The molecule has 0 spiro atoms. The van der Waals surface area contributed by atoms with Gasteiger partial charge in [-0.1, -0.05) is 54.2 Å². The molecule has 8 heteroatoms. The molecule has 2 aromatic carbocycles. The third kappa shape index (κ3) is 4.01. The quantitative estimate of drug-likeness (QED) is 0.339. The average Bonchev–Trinajstić information content (AvgIpc) is 3.19. The lowest BCUT2D eigenvalue weighted by Gasteiger charge is -2.11. The second kappa shape index (κ2) is 8.81. The first-order chi connectivity index (χ1) is 14.6. The molecule has 30 heavy (non-hydrogen) atoms. The predicted octanol–water partition coefficient (Wildman–Crippen LogP) is 5.01. The number of thioether (sulfide) groups is 1. The number of fused-ring (bicyclic) bond motifs is 1. The first kappa shape index (κ1) is 20.3. The number of anilines is 1. The maximum absolute atomic E-state index is 13.8. The summed E-state index contributed by atoms with van der Waals surface area (Å²) < 4.78 is 15.9. The van der Waals surface area contributed by atoms with E-state index in [2.05, 4.69) is 5.32 Å². The van der Waals surface area contributed by atoms with Gasteiger partial charge < -0.3 is 5.32 Å². The topological polar surface area (TPSA) is 64.0 Å². The Morgan fingerprint density at radius 3 is 2.63 bits per heavy atom. The van der Waals surface area contributed by atoms with Crippen molar-refractivity contribution in [2.75, 3.05) is 11.1 Å². The lowest BCUT2D eigenvalue weighted by molar-refractivity contribution is -0.113. The molecule has 2 aromatic heterocycles. The van der Waals surface area contributed by atoms with Gasteiger partial charge in [-0.15, -0.1) is 11.3 Å². The Labute approximate surface area is 180 Å². The number of hydrogen-bond donors (Lipinski definition) is 1. The molecule has 0 unspecified atom stereocenters. The molecule has 1 amide bonds. The maximum Gasteiger partial charge on any atom is 0.272 e. The van der Waals surface area contributed by atoms with Gasteiger partial charge in [-0.2, -0.15) is 0 Å². The van der Waals surface area contributed by atoms with E-state index < -0.39 is 5.82 Å². The number of benzene rings is 2. The van der Waals surface area contributed by atoms with Crippen molar-refractivity contribution in [1.82, 2.24) is 9.55 Å². The van der Waals surface area contributed by atoms with Crippen molar-refractivity contribution >= 4 is 44.9 Å². The summed E-state index contributed by atoms with van der Waals surface area (Å²) in [6, 6.07) is 15.8. The summed E-state index contributed by atoms with van der Waals surface area (Å²) in [5, 5.41) is 4.96. The van der Waals surface area contributed by atoms with E-state index in [1.807, 2.05) is 42.6 Å². The summed E-state index contributed by atoms with van der Waals surface area (Å²) in [5.41, 5.74) is 2.53. The standard InChI is InChI=1S/C22H18FN3O2S2/c1-2-26-21(28)20-19(15(12-29-20)14-8-4-3-5-9-14)25-22(26)30-13-18(27)24-17-11-7-6-10-16(17)23/h3-12H,2,13H2,1H3,(H,24,27). The number of para-hydroxylation sites is 1. The van der Waals surface area contributed by atoms with Crippen LogP contribution in [-0.2, 0) is 11.3 Å². The van der Waals surface area contributed by atoms with Gasteiger partial charge in [0.1, 0.15) is 10.5 Å². The summed E-state index contributed by atoms with van der Waals surface area (Å²) >= 11 is 2.54. The monoisotopic (exact) mass is 439 g/mol. The molecule has 0 saturated heterocycles. The zero-order valence-electron chi connectivity index (χ0n) is 16.1. The molecule has 0 radical (unpaired) electrons. The molecule has 4 aromatic rings. The third-order valence-electron chi connectivity index (χ3n) is 4.52. The van der Waals surface area contributed by atoms with Crippen LogP contribution < -0.4 is 10.9 Å². The molecule has 0 aliphatic rings. The predicted molar refractivity (Wildman–Crippen MR) is 121 cm³/mol. The number of carbonyl (C=O) groups is 1. The Kier molecular flexibility index (Phi) is 5.96. The normalized spacial score (nSPS) is 11.0. The second-order valence-electron chi connectivity index (χ2n) is 6.45. The zero-order valence-corrected chi connectivity index (χ0v) is 17.7. The highest BCUT2D eigenvalue weighted by atomic mass is 32.2. The molecule has 0 bridgehead atoms. The number of hydrogen-bond acceptors (Lipinski definition) is 5. The van der Waals surface area contributed by atoms with Gasteiger partial charge in [-0.05, 0) is 24.6 Å². The SMILES string of the molecule is CCn1c(SCC(=O)Nc2ccccc2F)nc2c(-c3ccccc3)csc2c1=O. The third-order valence-corrected chi connectivity index (χ3v) is 6.46. The van der Waals surface area contributed by atoms with Crippen molar-refractivity contribution in [2.45, 2.75) is 18.6 Å². The van der Waals surface area contributed by atoms with Crippen molar-refractivity contribution < 1.29 is 9.18 Å². The van der Waals surface area contributed by atoms with E-state index in [1.165, 1.54) is 23.5 Å². The van der Waals surface area contributed by atoms with Crippen molar-refractivity contribution in [3.05, 3.63) is 76.1 Å². The van der Waals surface area contributed by atoms with E-state index in [4.69, 9.17) is 4.98 Å². The molecule has 0 atom stereocenters. The highest BCUT2D eigenvalue weighted by Crippen LogP contribution is 2.32. The molecule has 5 nitrogen and oxygen atoms in total. The minimum atomic E-state index is -0.494. The van der Waals surface area contributed by atoms with E-state index in [1.54, 1.807) is 16.7 Å². The fraction of sp³-hybridized carbons (Fsp3) is 0.136. The molecule has 4 rings (SSSR count). The molecule has 0 aliphatic carbocycles. The lowest BCUT2D eigenvalue weighted by Crippen LogP contribution is -2.23. The minimum Gasteiger partial charge on any atom is -0.323 e. The summed E-state index contributed by atoms with van der Waals surface area (Å²) in [5.74, 6) is -0.848. The van der Waals surface area contributed by atoms with Crippen LogP contribution in [0, 0.1) is 5.82 Å². The largest absolute Gasteiger partial charge is 0.323 e. The van der Waals surface area contributed by atoms with Crippen LogP contribution >= 0.6 is 23.1 Å². The van der Waals surface area contributed by atoms with Crippen LogP contribution in [0.25, 0.3) is 21.3 Å². The Hall–Kier alpha value is -2.97. The summed E-state index contributed by atoms with van der Waals surface area (Å²) in [6.45, 7) is 2.31. The van der Waals surface area contributed by atoms with Crippen LogP contribution in [0.15, 0.2) is 69.9 Å². The Bertz CT molecular complexity index is 1270. The van der Waals surface area contributed by atoms with Crippen LogP contribution in [0.3, 0.4) is 0 Å². The summed E-state index contributed by atoms with van der Waals surface area (Å²) in [7, 11) is 0. The number of thiophene rings is 1. The van der Waals surface area contributed by atoms with Gasteiger partial charge in [0.15, 0.2) is 5.16 Å². The number of carbonyl (C=O) groups excluding carboxylic acids is 1. The highest BCUT2D eigenvalue weighted by molar-refractivity contribution is 7.99. The van der Waals surface area contributed by atoms with Crippen LogP contribution in [0.1, 0.15) is 6.92 Å². The van der Waals surface area contributed by atoms with E-state index >= 15 is 0 Å². The van der Waals surface area contributed by atoms with Crippen LogP contribution in [0.2, 0.25) is 0 Å². The van der Waals surface area contributed by atoms with Crippen LogP contribution in [-0.4, -0.2) is 21.2 Å². The fourth-order valence-electron chi connectivity index (χ4n) is 3.07. The average molecular weight is 440 g/mol. The molecule has 0 aliphatic heterocycles. The Morgan fingerprint density at radius 2 is 1.90 bits per heavy atom. The van der Waals surface area contributed by atoms with Gasteiger partial charge in [-0.25, -0.2) is 9.37 Å². The molecular formula is C22H18FN3O2S2. The first-order valence-corrected chi connectivity index (χ1v) is 11.2. The molecule has 0 fully saturated rings. The smallest absolute Gasteiger partial charge is 0.272 e. The molecule has 1 N–H and O–H groups in total. The van der Waals surface area contributed by atoms with Crippen LogP contribution in [0.4, 0.5) is 10.1 Å². The van der Waals surface area contributed by atoms with Crippen molar-refractivity contribution in [2.24, 2.45) is 0 Å². The van der Waals surface area contributed by atoms with Crippen molar-refractivity contribution in [3.8, 4) is 11.1 Å². The Morgan fingerprint density at radius 1 is 1.17 bits per heavy atom. The van der Waals surface area contributed by atoms with Crippen LogP contribution in [0.5, 0.6) is 0 Å². The Balaban J connectivity index is 1.64. The maximum atomic E-state index is 13.8. The highest BCUT2D eigenvalue weighted by Gasteiger charge is 2.17. The van der Waals surface area contributed by atoms with Gasteiger partial charge in [0, 0.05) is 17.5 Å². The zero-order chi connectivity index (χ0) is 21.1. The number of amides is 1. The van der Waals surface area contributed by atoms with Gasteiger partial charge in [0.2, 0.25) is 5.91 Å². The molecule has 2 heterocycles. The van der Waals surface area contributed by atoms with Gasteiger partial charge >= 0.3 is 0 Å². The second-order valence-corrected chi connectivity index (χ2v) is 8.28. The molecular weight excluding hydrogens is 421 g/mol. The van der Waals surface area contributed by atoms with Gasteiger partial charge in [0.25, 0.3) is 5.56 Å². The molecule has 0 saturated carbocycles. The number of nitrogens with zero attached hydrogens (tertiary/aromatic N) is 2. The number of rotatable bonds is 6. The van der Waals surface area contributed by atoms with Gasteiger partial charge in [-0.3, -0.25) is 14.2 Å². The summed E-state index contributed by atoms with van der Waals surface area (Å²) in [6.07, 6.45) is 0. The van der Waals surface area contributed by atoms with Gasteiger partial charge in [0.05, 0.1) is 17.0 Å². The minimum absolute atomic E-state index is 0.0110. The number of nitrogens with one attached hydrogen (secondary N) is 1. The lowest BCUT2D eigenvalue weighted by atomic mass is 10.1. The van der Waals surface area contributed by atoms with E-state index in [9.17, 15) is 14.0 Å². The van der Waals surface area contributed by atoms with E-state index in [0.717, 1.165) is 22.9 Å². The molecule has 152 valence electrons. The van der Waals surface area contributed by atoms with E-state index in [0.29, 0.717) is 21.9 Å². The first-order valence-electron chi connectivity index (χ1n) is 9.33. The number of aromatic nitrogens is 2. The van der Waals surface area contributed by atoms with E-state index in [-0.39, 0.29) is 22.9 Å². The summed E-state index contributed by atoms with van der Waals surface area (Å²) in [4.78, 5) is 30.0. The fourth-order valence-corrected chi connectivity index (χ4v) is 4.89. The van der Waals surface area contributed by atoms with Crippen molar-refractivity contribution in [3.63, 3.8) is 0 Å².